The average molecular weight is 336 g/mol. The first-order valence-electron chi connectivity index (χ1n) is 4.17. The van der Waals surface area contributed by atoms with E-state index in [1.165, 1.54) is 22.6 Å². The Morgan fingerprint density at radius 3 is 2.13 bits per heavy atom. The zero-order valence-electron chi connectivity index (χ0n) is 8.61. The molecule has 0 aromatic rings. The number of ether oxygens (including phenoxy) is 1. The average Bonchev–Trinajstić information content (AvgIpc) is 1.95. The van der Waals surface area contributed by atoms with Crippen molar-refractivity contribution in [2.24, 2.45) is 0 Å². The summed E-state index contributed by atoms with van der Waals surface area (Å²) in [6.07, 6.45) is -4.60. The van der Waals surface area contributed by atoms with Gasteiger partial charge in [0.05, 0.1) is 10.0 Å². The second-order valence-corrected chi connectivity index (χ2v) is 5.04. The van der Waals surface area contributed by atoms with Crippen LogP contribution in [0.1, 0.15) is 27.2 Å². The largest absolute Gasteiger partial charge is 0.456 e. The van der Waals surface area contributed by atoms with Crippen molar-refractivity contribution in [3.63, 3.8) is 0 Å². The number of halogens is 4. The molecule has 0 atom stereocenters. The summed E-state index contributed by atoms with van der Waals surface area (Å²) in [4.78, 5) is 11.2. The number of rotatable bonds is 2. The summed E-state index contributed by atoms with van der Waals surface area (Å²) in [5.41, 5.74) is -0.695. The molecule has 0 aliphatic heterocycles. The van der Waals surface area contributed by atoms with E-state index < -0.39 is 24.2 Å². The van der Waals surface area contributed by atoms with Crippen LogP contribution in [0.25, 0.3) is 0 Å². The van der Waals surface area contributed by atoms with Crippen molar-refractivity contribution in [1.29, 1.82) is 0 Å². The van der Waals surface area contributed by atoms with Crippen molar-refractivity contribution < 1.29 is 22.7 Å². The Morgan fingerprint density at radius 2 is 1.80 bits per heavy atom. The first kappa shape index (κ1) is 14.7. The van der Waals surface area contributed by atoms with Gasteiger partial charge in [-0.2, -0.15) is 13.2 Å². The summed E-state index contributed by atoms with van der Waals surface area (Å²) < 4.78 is 40.3. The second-order valence-electron chi connectivity index (χ2n) is 3.87. The molecule has 0 unspecified atom stereocenters. The van der Waals surface area contributed by atoms with Gasteiger partial charge < -0.3 is 4.74 Å². The highest BCUT2D eigenvalue weighted by Crippen LogP contribution is 2.23. The number of carbonyl (C=O) groups is 1. The molecule has 0 fully saturated rings. The molecule has 0 spiro atoms. The zero-order chi connectivity index (χ0) is 12.3. The van der Waals surface area contributed by atoms with E-state index in [-0.39, 0.29) is 3.58 Å². The van der Waals surface area contributed by atoms with Gasteiger partial charge in [0, 0.05) is 0 Å². The van der Waals surface area contributed by atoms with E-state index >= 15 is 0 Å². The third kappa shape index (κ3) is 8.71. The lowest BCUT2D eigenvalue weighted by atomic mass is 10.2. The molecule has 6 heteroatoms. The van der Waals surface area contributed by atoms with Gasteiger partial charge in [-0.15, -0.1) is 0 Å². The molecule has 0 amide bonds. The Hall–Kier alpha value is -0.270. The Morgan fingerprint density at radius 1 is 1.33 bits per heavy atom. The van der Waals surface area contributed by atoms with Crippen LogP contribution in [0.2, 0.25) is 0 Å². The van der Waals surface area contributed by atoms with Crippen LogP contribution in [0.5, 0.6) is 0 Å². The van der Waals surface area contributed by atoms with Crippen LogP contribution in [0.3, 0.4) is 0 Å². The number of hydrogen-bond donors (Lipinski definition) is 0. The molecule has 0 bridgehead atoms. The number of esters is 1. The van der Waals surface area contributed by atoms with E-state index in [4.69, 9.17) is 4.74 Å². The molecule has 0 saturated heterocycles. The highest BCUT2D eigenvalue weighted by molar-refractivity contribution is 14.1. The fourth-order valence-corrected chi connectivity index (χ4v) is 0.946. The molecule has 0 heterocycles. The third-order valence-corrected chi connectivity index (χ3v) is 1.99. The van der Waals surface area contributed by atoms with Gasteiger partial charge in [0.1, 0.15) is 5.60 Å². The lowest BCUT2D eigenvalue weighted by molar-refractivity contribution is -0.148. The summed E-state index contributed by atoms with van der Waals surface area (Å²) in [5, 5.41) is 0. The minimum Gasteiger partial charge on any atom is -0.456 e. The Kier molecular flexibility index (Phi) is 5.08. The van der Waals surface area contributed by atoms with Crippen LogP contribution in [0.4, 0.5) is 13.2 Å². The van der Waals surface area contributed by atoms with Crippen molar-refractivity contribution in [2.45, 2.75) is 39.0 Å². The van der Waals surface area contributed by atoms with Gasteiger partial charge in [-0.3, -0.25) is 0 Å². The van der Waals surface area contributed by atoms with Gasteiger partial charge in [-0.25, -0.2) is 4.79 Å². The molecular formula is C9H12F3IO2. The lowest BCUT2D eigenvalue weighted by Crippen LogP contribution is -2.23. The summed E-state index contributed by atoms with van der Waals surface area (Å²) in [7, 11) is 0. The minimum absolute atomic E-state index is 0.0557. The number of alkyl halides is 3. The standard InChI is InChI=1S/C9H12F3IO2/c1-8(2,3)15-7(14)6(13)4-5-9(10,11)12/h4H,5H2,1-3H3/b6-4-. The number of hydrogen-bond acceptors (Lipinski definition) is 2. The van der Waals surface area contributed by atoms with Crippen LogP contribution < -0.4 is 0 Å². The molecule has 0 saturated carbocycles. The van der Waals surface area contributed by atoms with Gasteiger partial charge in [-0.05, 0) is 43.4 Å². The Bertz CT molecular complexity index is 264. The van der Waals surface area contributed by atoms with Crippen LogP contribution >= 0.6 is 22.6 Å². The lowest BCUT2D eigenvalue weighted by Gasteiger charge is -2.19. The van der Waals surface area contributed by atoms with Gasteiger partial charge in [0.15, 0.2) is 0 Å². The van der Waals surface area contributed by atoms with E-state index in [0.29, 0.717) is 0 Å². The van der Waals surface area contributed by atoms with Crippen molar-refractivity contribution in [3.05, 3.63) is 9.66 Å². The monoisotopic (exact) mass is 336 g/mol. The quantitative estimate of drug-likeness (QED) is 0.438. The topological polar surface area (TPSA) is 26.3 Å². The fraction of sp³-hybridized carbons (Fsp3) is 0.667. The molecule has 0 aliphatic carbocycles. The Balaban J connectivity index is 4.33. The van der Waals surface area contributed by atoms with Gasteiger partial charge in [0.25, 0.3) is 0 Å². The van der Waals surface area contributed by atoms with Crippen molar-refractivity contribution in [3.8, 4) is 0 Å². The summed E-state index contributed by atoms with van der Waals surface area (Å²) in [6, 6.07) is 0. The maximum atomic E-state index is 11.8. The summed E-state index contributed by atoms with van der Waals surface area (Å²) in [5.74, 6) is -0.729. The van der Waals surface area contributed by atoms with Gasteiger partial charge >= 0.3 is 12.1 Å². The predicted octanol–water partition coefficient (Wildman–Crippen LogP) is 3.60. The summed E-state index contributed by atoms with van der Waals surface area (Å²) >= 11 is 1.53. The number of carbonyl (C=O) groups excluding carboxylic acids is 1. The molecule has 0 aromatic heterocycles. The molecular weight excluding hydrogens is 324 g/mol. The van der Waals surface area contributed by atoms with Crippen LogP contribution in [0.15, 0.2) is 9.66 Å². The smallest absolute Gasteiger partial charge is 0.392 e. The third-order valence-electron chi connectivity index (χ3n) is 1.11. The molecule has 0 N–H and O–H groups in total. The van der Waals surface area contributed by atoms with Crippen molar-refractivity contribution in [2.75, 3.05) is 0 Å². The van der Waals surface area contributed by atoms with Crippen molar-refractivity contribution in [1.82, 2.24) is 0 Å². The molecule has 0 aliphatic rings. The maximum absolute atomic E-state index is 11.8. The molecule has 2 nitrogen and oxygen atoms in total. The predicted molar refractivity (Wildman–Crippen MR) is 58.6 cm³/mol. The molecule has 88 valence electrons. The van der Waals surface area contributed by atoms with Gasteiger partial charge in [-0.1, -0.05) is 6.08 Å². The van der Waals surface area contributed by atoms with E-state index in [9.17, 15) is 18.0 Å². The van der Waals surface area contributed by atoms with Crippen LogP contribution in [-0.4, -0.2) is 17.7 Å². The van der Waals surface area contributed by atoms with E-state index in [1.54, 1.807) is 20.8 Å². The van der Waals surface area contributed by atoms with Crippen LogP contribution in [-0.2, 0) is 9.53 Å². The van der Waals surface area contributed by atoms with Gasteiger partial charge in [0.2, 0.25) is 0 Å². The summed E-state index contributed by atoms with van der Waals surface area (Å²) in [6.45, 7) is 4.95. The zero-order valence-corrected chi connectivity index (χ0v) is 10.8. The molecule has 0 aromatic carbocycles. The van der Waals surface area contributed by atoms with E-state index in [2.05, 4.69) is 0 Å². The number of allylic oxidation sites excluding steroid dienone is 1. The Labute approximate surface area is 100 Å². The first-order chi connectivity index (χ1) is 6.51. The molecule has 15 heavy (non-hydrogen) atoms. The molecule has 0 radical (unpaired) electrons. The maximum Gasteiger partial charge on any atom is 0.392 e. The highest BCUT2D eigenvalue weighted by Gasteiger charge is 2.26. The highest BCUT2D eigenvalue weighted by atomic mass is 127. The van der Waals surface area contributed by atoms with Crippen LogP contribution in [0, 0.1) is 0 Å². The first-order valence-corrected chi connectivity index (χ1v) is 5.25. The normalized spacial score (nSPS) is 13.9. The van der Waals surface area contributed by atoms with Crippen molar-refractivity contribution >= 4 is 28.6 Å². The van der Waals surface area contributed by atoms with E-state index in [1.807, 2.05) is 0 Å². The molecule has 0 rings (SSSR count). The van der Waals surface area contributed by atoms with E-state index in [0.717, 1.165) is 6.08 Å². The fourth-order valence-electron chi connectivity index (χ4n) is 0.616. The minimum atomic E-state index is -4.29. The SMILES string of the molecule is CC(C)(C)OC(=O)/C(I)=C/CC(F)(F)F. The second kappa shape index (κ2) is 5.18.